The van der Waals surface area contributed by atoms with Crippen molar-refractivity contribution in [2.45, 2.75) is 39.4 Å². The van der Waals surface area contributed by atoms with Crippen LogP contribution in [0.5, 0.6) is 5.75 Å². The van der Waals surface area contributed by atoms with E-state index in [1.807, 2.05) is 62.4 Å². The zero-order valence-electron chi connectivity index (χ0n) is 14.7. The van der Waals surface area contributed by atoms with Crippen molar-refractivity contribution < 1.29 is 14.6 Å². The van der Waals surface area contributed by atoms with E-state index in [0.29, 0.717) is 5.75 Å². The first-order valence-corrected chi connectivity index (χ1v) is 8.10. The monoisotopic (exact) mass is 327 g/mol. The van der Waals surface area contributed by atoms with Crippen LogP contribution in [-0.4, -0.2) is 23.7 Å². The number of amides is 1. The van der Waals surface area contributed by atoms with Crippen LogP contribution in [-0.2, 0) is 10.4 Å². The minimum atomic E-state index is -1.13. The summed E-state index contributed by atoms with van der Waals surface area (Å²) >= 11 is 0. The van der Waals surface area contributed by atoms with Crippen LogP contribution in [0.25, 0.3) is 0 Å². The Hall–Kier alpha value is -2.33. The summed E-state index contributed by atoms with van der Waals surface area (Å²) in [5.41, 5.74) is 1.77. The molecule has 0 saturated heterocycles. The summed E-state index contributed by atoms with van der Waals surface area (Å²) in [6.45, 7) is 7.48. The fraction of sp³-hybridized carbons (Fsp3) is 0.350. The van der Waals surface area contributed by atoms with Gasteiger partial charge in [0.25, 0.3) is 5.91 Å². The quantitative estimate of drug-likeness (QED) is 0.857. The van der Waals surface area contributed by atoms with Crippen molar-refractivity contribution in [2.24, 2.45) is 0 Å². The Morgan fingerprint density at radius 3 is 2.50 bits per heavy atom. The molecule has 1 amide bonds. The van der Waals surface area contributed by atoms with Crippen molar-refractivity contribution >= 4 is 5.91 Å². The smallest absolute Gasteiger partial charge is 0.260 e. The molecule has 2 aromatic rings. The van der Waals surface area contributed by atoms with E-state index < -0.39 is 11.7 Å². The van der Waals surface area contributed by atoms with Gasteiger partial charge in [0, 0.05) is 0 Å². The molecule has 4 heteroatoms. The highest BCUT2D eigenvalue weighted by Crippen LogP contribution is 2.22. The van der Waals surface area contributed by atoms with E-state index in [1.54, 1.807) is 13.8 Å². The van der Waals surface area contributed by atoms with Gasteiger partial charge in [-0.15, -0.1) is 0 Å². The van der Waals surface area contributed by atoms with Crippen molar-refractivity contribution in [1.29, 1.82) is 0 Å². The maximum absolute atomic E-state index is 12.3. The fourth-order valence-corrected chi connectivity index (χ4v) is 2.40. The van der Waals surface area contributed by atoms with Crippen molar-refractivity contribution in [2.75, 3.05) is 6.54 Å². The minimum absolute atomic E-state index is 0.121. The zero-order valence-corrected chi connectivity index (χ0v) is 14.7. The lowest BCUT2D eigenvalue weighted by Crippen LogP contribution is -2.43. The van der Waals surface area contributed by atoms with Crippen LogP contribution < -0.4 is 10.1 Å². The summed E-state index contributed by atoms with van der Waals surface area (Å²) in [5.74, 6) is 0.444. The first kappa shape index (κ1) is 18.0. The molecule has 0 spiro atoms. The summed E-state index contributed by atoms with van der Waals surface area (Å²) in [4.78, 5) is 12.3. The fourth-order valence-electron chi connectivity index (χ4n) is 2.40. The van der Waals surface area contributed by atoms with Crippen LogP contribution in [0.3, 0.4) is 0 Å². The number of hydrogen-bond acceptors (Lipinski definition) is 3. The Bertz CT molecular complexity index is 695. The van der Waals surface area contributed by atoms with Gasteiger partial charge in [0.2, 0.25) is 0 Å². The molecule has 24 heavy (non-hydrogen) atoms. The van der Waals surface area contributed by atoms with Crippen molar-refractivity contribution in [1.82, 2.24) is 5.32 Å². The molecule has 2 N–H and O–H groups in total. The lowest BCUT2D eigenvalue weighted by Gasteiger charge is -2.25. The lowest BCUT2D eigenvalue weighted by atomic mass is 9.96. The molecule has 0 aromatic heterocycles. The Balaban J connectivity index is 1.96. The molecule has 0 unspecified atom stereocenters. The SMILES string of the molecule is Cc1cccc(O[C@@H](C)C(=O)NC[C@](C)(O)c2ccccc2)c1C. The normalized spacial score (nSPS) is 14.5. The van der Waals surface area contributed by atoms with Gasteiger partial charge in [0.05, 0.1) is 6.54 Å². The van der Waals surface area contributed by atoms with Gasteiger partial charge in [-0.25, -0.2) is 0 Å². The van der Waals surface area contributed by atoms with Gasteiger partial charge in [-0.05, 0) is 50.5 Å². The van der Waals surface area contributed by atoms with Gasteiger partial charge in [-0.2, -0.15) is 0 Å². The number of carbonyl (C=O) groups excluding carboxylic acids is 1. The molecule has 128 valence electrons. The number of rotatable bonds is 6. The summed E-state index contributed by atoms with van der Waals surface area (Å²) in [6, 6.07) is 15.0. The molecule has 4 nitrogen and oxygen atoms in total. The van der Waals surface area contributed by atoms with Crippen LogP contribution >= 0.6 is 0 Å². The maximum atomic E-state index is 12.3. The van der Waals surface area contributed by atoms with Gasteiger partial charge in [0.15, 0.2) is 6.10 Å². The number of ether oxygens (including phenoxy) is 1. The molecule has 2 atom stereocenters. The van der Waals surface area contributed by atoms with Gasteiger partial charge >= 0.3 is 0 Å². The number of hydrogen-bond donors (Lipinski definition) is 2. The van der Waals surface area contributed by atoms with Crippen LogP contribution in [0, 0.1) is 13.8 Å². The number of benzene rings is 2. The third-order valence-corrected chi connectivity index (χ3v) is 4.23. The third-order valence-electron chi connectivity index (χ3n) is 4.23. The van der Waals surface area contributed by atoms with E-state index in [4.69, 9.17) is 4.74 Å². The van der Waals surface area contributed by atoms with Crippen LogP contribution in [0.4, 0.5) is 0 Å². The Morgan fingerprint density at radius 1 is 1.17 bits per heavy atom. The molecular formula is C20H25NO3. The molecule has 0 aliphatic heterocycles. The highest BCUT2D eigenvalue weighted by Gasteiger charge is 2.25. The highest BCUT2D eigenvalue weighted by molar-refractivity contribution is 5.80. The van der Waals surface area contributed by atoms with Gasteiger partial charge in [0.1, 0.15) is 11.4 Å². The predicted octanol–water partition coefficient (Wildman–Crippen LogP) is 3.09. The molecule has 0 saturated carbocycles. The second-order valence-electron chi connectivity index (χ2n) is 6.32. The van der Waals surface area contributed by atoms with E-state index in [1.165, 1.54) is 0 Å². The Kier molecular flexibility index (Phi) is 5.62. The standard InChI is InChI=1S/C20H25NO3/c1-14-9-8-12-18(15(14)2)24-16(3)19(22)21-13-20(4,23)17-10-6-5-7-11-17/h5-12,16,23H,13H2,1-4H3,(H,21,22)/t16-,20-/m0/s1. The summed E-state index contributed by atoms with van der Waals surface area (Å²) in [6.07, 6.45) is -0.642. The molecule has 0 heterocycles. The van der Waals surface area contributed by atoms with E-state index in [2.05, 4.69) is 5.32 Å². The number of aliphatic hydroxyl groups is 1. The summed E-state index contributed by atoms with van der Waals surface area (Å²) in [5, 5.41) is 13.3. The lowest BCUT2D eigenvalue weighted by molar-refractivity contribution is -0.128. The summed E-state index contributed by atoms with van der Waals surface area (Å²) < 4.78 is 5.76. The predicted molar refractivity (Wildman–Crippen MR) is 95.0 cm³/mol. The number of aryl methyl sites for hydroxylation is 1. The molecule has 2 aromatic carbocycles. The van der Waals surface area contributed by atoms with Crippen LogP contribution in [0.2, 0.25) is 0 Å². The minimum Gasteiger partial charge on any atom is -0.481 e. The number of nitrogens with one attached hydrogen (secondary N) is 1. The highest BCUT2D eigenvalue weighted by atomic mass is 16.5. The molecule has 0 aliphatic rings. The molecule has 0 aliphatic carbocycles. The van der Waals surface area contributed by atoms with Crippen molar-refractivity contribution in [3.8, 4) is 5.75 Å². The first-order valence-electron chi connectivity index (χ1n) is 8.10. The van der Waals surface area contributed by atoms with Gasteiger partial charge in [-0.1, -0.05) is 42.5 Å². The second kappa shape index (κ2) is 7.49. The van der Waals surface area contributed by atoms with Crippen molar-refractivity contribution in [3.63, 3.8) is 0 Å². The maximum Gasteiger partial charge on any atom is 0.260 e. The zero-order chi connectivity index (χ0) is 17.7. The van der Waals surface area contributed by atoms with Crippen LogP contribution in [0.15, 0.2) is 48.5 Å². The first-order chi connectivity index (χ1) is 11.3. The van der Waals surface area contributed by atoms with Gasteiger partial charge in [-0.3, -0.25) is 4.79 Å². The Labute approximate surface area is 143 Å². The van der Waals surface area contributed by atoms with E-state index in [9.17, 15) is 9.90 Å². The van der Waals surface area contributed by atoms with Crippen molar-refractivity contribution in [3.05, 3.63) is 65.2 Å². The Morgan fingerprint density at radius 2 is 1.83 bits per heavy atom. The summed E-state index contributed by atoms with van der Waals surface area (Å²) in [7, 11) is 0. The molecule has 2 rings (SSSR count). The van der Waals surface area contributed by atoms with Gasteiger partial charge < -0.3 is 15.2 Å². The molecule has 0 fully saturated rings. The average molecular weight is 327 g/mol. The third kappa shape index (κ3) is 4.36. The average Bonchev–Trinajstić information content (AvgIpc) is 2.57. The second-order valence-corrected chi connectivity index (χ2v) is 6.32. The van der Waals surface area contributed by atoms with Crippen LogP contribution in [0.1, 0.15) is 30.5 Å². The molecule has 0 radical (unpaired) electrons. The van der Waals surface area contributed by atoms with E-state index >= 15 is 0 Å². The largest absolute Gasteiger partial charge is 0.481 e. The van der Waals surface area contributed by atoms with E-state index in [0.717, 1.165) is 16.7 Å². The molecule has 0 bridgehead atoms. The number of carbonyl (C=O) groups is 1. The van der Waals surface area contributed by atoms with E-state index in [-0.39, 0.29) is 12.5 Å². The topological polar surface area (TPSA) is 58.6 Å². The molecular weight excluding hydrogens is 302 g/mol.